The number of carbonyl (C=O) groups excluding carboxylic acids is 2. The van der Waals surface area contributed by atoms with Gasteiger partial charge in [0.1, 0.15) is 0 Å². The molecule has 0 spiro atoms. The molecule has 28 heavy (non-hydrogen) atoms. The summed E-state index contributed by atoms with van der Waals surface area (Å²) in [5.74, 6) is -1.21. The Labute approximate surface area is 164 Å². The fourth-order valence-corrected chi connectivity index (χ4v) is 3.55. The van der Waals surface area contributed by atoms with E-state index in [9.17, 15) is 22.8 Å². The average molecular weight is 398 g/mol. The number of hydrogen-bond donors (Lipinski definition) is 0. The second kappa shape index (κ2) is 8.13. The standard InChI is InChI=1S/C21H29F3N2O2/c1-6-25(5)19(28)17-13-26(18(27)11-20(2,3)4)12-16(17)14-8-7-9-15(10-14)21(22,23)24/h7-10,16-17H,6,11-13H2,1-5H3. The van der Waals surface area contributed by atoms with Crippen LogP contribution in [0.15, 0.2) is 24.3 Å². The molecule has 1 aliphatic rings. The van der Waals surface area contributed by atoms with Crippen LogP contribution in [-0.4, -0.2) is 48.3 Å². The average Bonchev–Trinajstić information content (AvgIpc) is 3.04. The second-order valence-electron chi connectivity index (χ2n) is 8.72. The predicted molar refractivity (Wildman–Crippen MR) is 102 cm³/mol. The molecule has 2 atom stereocenters. The molecule has 0 N–H and O–H groups in total. The summed E-state index contributed by atoms with van der Waals surface area (Å²) in [5, 5.41) is 0. The molecule has 7 heteroatoms. The third-order valence-electron chi connectivity index (χ3n) is 5.16. The molecule has 1 heterocycles. The van der Waals surface area contributed by atoms with Crippen LogP contribution >= 0.6 is 0 Å². The number of alkyl halides is 3. The summed E-state index contributed by atoms with van der Waals surface area (Å²) < 4.78 is 39.4. The zero-order valence-electron chi connectivity index (χ0n) is 17.1. The first kappa shape index (κ1) is 22.2. The Kier molecular flexibility index (Phi) is 6.46. The molecule has 1 aromatic rings. The van der Waals surface area contributed by atoms with Gasteiger partial charge in [-0.15, -0.1) is 0 Å². The fourth-order valence-electron chi connectivity index (χ4n) is 3.55. The van der Waals surface area contributed by atoms with Gasteiger partial charge < -0.3 is 9.80 Å². The van der Waals surface area contributed by atoms with Gasteiger partial charge >= 0.3 is 6.18 Å². The van der Waals surface area contributed by atoms with Gasteiger partial charge in [-0.1, -0.05) is 39.0 Å². The van der Waals surface area contributed by atoms with E-state index in [0.29, 0.717) is 18.5 Å². The molecule has 0 aliphatic carbocycles. The van der Waals surface area contributed by atoms with E-state index >= 15 is 0 Å². The first-order valence-electron chi connectivity index (χ1n) is 9.53. The molecule has 0 aromatic heterocycles. The molecule has 2 unspecified atom stereocenters. The highest BCUT2D eigenvalue weighted by atomic mass is 19.4. The predicted octanol–water partition coefficient (Wildman–Crippen LogP) is 4.16. The molecule has 1 aromatic carbocycles. The number of benzene rings is 1. The molecule has 156 valence electrons. The van der Waals surface area contributed by atoms with Crippen LogP contribution in [0.25, 0.3) is 0 Å². The van der Waals surface area contributed by atoms with Gasteiger partial charge in [-0.3, -0.25) is 9.59 Å². The van der Waals surface area contributed by atoms with E-state index in [0.717, 1.165) is 12.1 Å². The third kappa shape index (κ3) is 5.26. The van der Waals surface area contributed by atoms with Crippen molar-refractivity contribution >= 4 is 11.8 Å². The van der Waals surface area contributed by atoms with Crippen molar-refractivity contribution in [1.29, 1.82) is 0 Å². The van der Waals surface area contributed by atoms with E-state index in [4.69, 9.17) is 0 Å². The highest BCUT2D eigenvalue weighted by Crippen LogP contribution is 2.38. The number of halogens is 3. The number of nitrogens with zero attached hydrogens (tertiary/aromatic N) is 2. The smallest absolute Gasteiger partial charge is 0.346 e. The van der Waals surface area contributed by atoms with Crippen LogP contribution in [0.5, 0.6) is 0 Å². The third-order valence-corrected chi connectivity index (χ3v) is 5.16. The molecule has 0 bridgehead atoms. The highest BCUT2D eigenvalue weighted by Gasteiger charge is 2.42. The first-order valence-corrected chi connectivity index (χ1v) is 9.53. The van der Waals surface area contributed by atoms with Gasteiger partial charge in [0.15, 0.2) is 0 Å². The molecular weight excluding hydrogens is 369 g/mol. The number of amides is 2. The Morgan fingerprint density at radius 2 is 1.82 bits per heavy atom. The molecule has 4 nitrogen and oxygen atoms in total. The lowest BCUT2D eigenvalue weighted by Crippen LogP contribution is -2.37. The van der Waals surface area contributed by atoms with Gasteiger partial charge in [-0.2, -0.15) is 13.2 Å². The van der Waals surface area contributed by atoms with Crippen LogP contribution in [0.3, 0.4) is 0 Å². The highest BCUT2D eigenvalue weighted by molar-refractivity contribution is 5.83. The summed E-state index contributed by atoms with van der Waals surface area (Å²) in [6, 6.07) is 5.11. The molecular formula is C21H29F3N2O2. The van der Waals surface area contributed by atoms with Gasteiger partial charge in [0, 0.05) is 39.0 Å². The maximum atomic E-state index is 13.1. The van der Waals surface area contributed by atoms with Crippen LogP contribution in [0, 0.1) is 11.3 Å². The van der Waals surface area contributed by atoms with Crippen LogP contribution in [-0.2, 0) is 15.8 Å². The van der Waals surface area contributed by atoms with E-state index in [1.54, 1.807) is 22.9 Å². The summed E-state index contributed by atoms with van der Waals surface area (Å²) in [6.07, 6.45) is -4.12. The minimum atomic E-state index is -4.45. The van der Waals surface area contributed by atoms with E-state index in [2.05, 4.69) is 0 Å². The van der Waals surface area contributed by atoms with Crippen LogP contribution < -0.4 is 0 Å². The molecule has 2 amide bonds. The van der Waals surface area contributed by atoms with Crippen LogP contribution in [0.4, 0.5) is 13.2 Å². The quantitative estimate of drug-likeness (QED) is 0.764. The zero-order valence-corrected chi connectivity index (χ0v) is 17.1. The van der Waals surface area contributed by atoms with Crippen molar-refractivity contribution in [1.82, 2.24) is 9.80 Å². The van der Waals surface area contributed by atoms with Crippen molar-refractivity contribution in [3.05, 3.63) is 35.4 Å². The topological polar surface area (TPSA) is 40.6 Å². The van der Waals surface area contributed by atoms with Gasteiger partial charge in [-0.05, 0) is 24.0 Å². The van der Waals surface area contributed by atoms with E-state index in [1.165, 1.54) is 6.07 Å². The number of likely N-dealkylation sites (tertiary alicyclic amines) is 1. The number of rotatable bonds is 4. The normalized spacial score (nSPS) is 20.4. The van der Waals surface area contributed by atoms with Crippen molar-refractivity contribution in [3.8, 4) is 0 Å². The molecule has 0 saturated carbocycles. The Morgan fingerprint density at radius 1 is 1.18 bits per heavy atom. The molecule has 2 rings (SSSR count). The Hall–Kier alpha value is -2.05. The second-order valence-corrected chi connectivity index (χ2v) is 8.72. The van der Waals surface area contributed by atoms with Gasteiger partial charge in [0.25, 0.3) is 0 Å². The van der Waals surface area contributed by atoms with E-state index in [-0.39, 0.29) is 30.3 Å². The minimum Gasteiger partial charge on any atom is -0.346 e. The lowest BCUT2D eigenvalue weighted by atomic mass is 9.87. The van der Waals surface area contributed by atoms with Gasteiger partial charge in [0.05, 0.1) is 11.5 Å². The summed E-state index contributed by atoms with van der Waals surface area (Å²) in [4.78, 5) is 28.7. The summed E-state index contributed by atoms with van der Waals surface area (Å²) in [6.45, 7) is 8.70. The number of carbonyl (C=O) groups is 2. The van der Waals surface area contributed by atoms with Gasteiger partial charge in [0.2, 0.25) is 11.8 Å². The van der Waals surface area contributed by atoms with E-state index < -0.39 is 23.6 Å². The summed E-state index contributed by atoms with van der Waals surface area (Å²) >= 11 is 0. The van der Waals surface area contributed by atoms with Crippen molar-refractivity contribution in [2.24, 2.45) is 11.3 Å². The van der Waals surface area contributed by atoms with E-state index in [1.807, 2.05) is 27.7 Å². The van der Waals surface area contributed by atoms with Crippen molar-refractivity contribution in [2.45, 2.75) is 46.2 Å². The van der Waals surface area contributed by atoms with Crippen molar-refractivity contribution in [2.75, 3.05) is 26.7 Å². The lowest BCUT2D eigenvalue weighted by Gasteiger charge is -2.24. The zero-order chi connectivity index (χ0) is 21.3. The maximum Gasteiger partial charge on any atom is 0.416 e. The maximum absolute atomic E-state index is 13.1. The monoisotopic (exact) mass is 398 g/mol. The Balaban J connectivity index is 2.35. The fraction of sp³-hybridized carbons (Fsp3) is 0.619. The van der Waals surface area contributed by atoms with Crippen LogP contribution in [0.2, 0.25) is 0 Å². The van der Waals surface area contributed by atoms with Crippen molar-refractivity contribution in [3.63, 3.8) is 0 Å². The molecule has 0 radical (unpaired) electrons. The van der Waals surface area contributed by atoms with Gasteiger partial charge in [-0.25, -0.2) is 0 Å². The summed E-state index contributed by atoms with van der Waals surface area (Å²) in [5.41, 5.74) is -0.492. The van der Waals surface area contributed by atoms with Crippen LogP contribution in [0.1, 0.15) is 51.2 Å². The minimum absolute atomic E-state index is 0.0704. The SMILES string of the molecule is CCN(C)C(=O)C1CN(C(=O)CC(C)(C)C)CC1c1cccc(C(F)(F)F)c1. The molecule has 1 saturated heterocycles. The number of hydrogen-bond acceptors (Lipinski definition) is 2. The lowest BCUT2D eigenvalue weighted by molar-refractivity contribution is -0.137. The Morgan fingerprint density at radius 3 is 2.36 bits per heavy atom. The first-order chi connectivity index (χ1) is 12.8. The van der Waals surface area contributed by atoms with Crippen molar-refractivity contribution < 1.29 is 22.8 Å². The Bertz CT molecular complexity index is 725. The summed E-state index contributed by atoms with van der Waals surface area (Å²) in [7, 11) is 1.67. The largest absolute Gasteiger partial charge is 0.416 e. The molecule has 1 fully saturated rings. The molecule has 1 aliphatic heterocycles.